The van der Waals surface area contributed by atoms with E-state index < -0.39 is 0 Å². The topological polar surface area (TPSA) is 21.6 Å². The van der Waals surface area contributed by atoms with E-state index in [0.29, 0.717) is 0 Å². The van der Waals surface area contributed by atoms with Crippen molar-refractivity contribution in [3.8, 4) is 11.1 Å². The molecular formula is C15H11NO. The number of rotatable bonds is 0. The first-order valence-electron chi connectivity index (χ1n) is 5.81. The highest BCUT2D eigenvalue weighted by Crippen LogP contribution is 2.52. The minimum Gasteiger partial charge on any atom is -0.379 e. The van der Waals surface area contributed by atoms with Gasteiger partial charge in [-0.1, -0.05) is 53.7 Å². The van der Waals surface area contributed by atoms with E-state index in [1.165, 1.54) is 22.3 Å². The molecule has 0 amide bonds. The molecular weight excluding hydrogens is 210 g/mol. The van der Waals surface area contributed by atoms with Gasteiger partial charge in [-0.3, -0.25) is 0 Å². The third kappa shape index (κ3) is 0.978. The third-order valence-corrected chi connectivity index (χ3v) is 3.68. The molecule has 0 N–H and O–H groups in total. The lowest BCUT2D eigenvalue weighted by molar-refractivity contribution is 0.0148. The fraction of sp³-hybridized carbons (Fsp3) is 0.133. The van der Waals surface area contributed by atoms with Crippen LogP contribution in [0, 0.1) is 0 Å². The summed E-state index contributed by atoms with van der Waals surface area (Å²) in [7, 11) is 0. The lowest BCUT2D eigenvalue weighted by Gasteiger charge is -2.23. The van der Waals surface area contributed by atoms with Gasteiger partial charge in [0, 0.05) is 23.8 Å². The van der Waals surface area contributed by atoms with Crippen LogP contribution in [-0.4, -0.2) is 6.21 Å². The first kappa shape index (κ1) is 8.99. The molecule has 1 spiro atoms. The standard InChI is InChI=1S/C15H11NO/c1-3-7-13-11(5-1)12-6-2-4-8-14(12)15(13)9-10-16-17-15/h1-8,10H,9H2. The molecule has 2 aromatic carbocycles. The van der Waals surface area contributed by atoms with Gasteiger partial charge in [0.25, 0.3) is 0 Å². The molecule has 2 nitrogen and oxygen atoms in total. The molecule has 0 radical (unpaired) electrons. The van der Waals surface area contributed by atoms with Gasteiger partial charge in [0.15, 0.2) is 5.60 Å². The van der Waals surface area contributed by atoms with Crippen molar-refractivity contribution >= 4 is 6.21 Å². The molecule has 0 atom stereocenters. The van der Waals surface area contributed by atoms with Crippen molar-refractivity contribution in [3.05, 3.63) is 59.7 Å². The zero-order valence-electron chi connectivity index (χ0n) is 9.26. The summed E-state index contributed by atoms with van der Waals surface area (Å²) in [6.45, 7) is 0. The summed E-state index contributed by atoms with van der Waals surface area (Å²) in [6.07, 6.45) is 2.68. The maximum Gasteiger partial charge on any atom is 0.193 e. The van der Waals surface area contributed by atoms with Gasteiger partial charge >= 0.3 is 0 Å². The van der Waals surface area contributed by atoms with Gasteiger partial charge < -0.3 is 4.84 Å². The highest BCUT2D eigenvalue weighted by atomic mass is 16.7. The summed E-state index contributed by atoms with van der Waals surface area (Å²) in [4.78, 5) is 5.72. The average Bonchev–Trinajstić information content (AvgIpc) is 2.98. The van der Waals surface area contributed by atoms with E-state index in [2.05, 4.69) is 53.7 Å². The summed E-state index contributed by atoms with van der Waals surface area (Å²) < 4.78 is 0. The number of oxime groups is 1. The predicted octanol–water partition coefficient (Wildman–Crippen LogP) is 3.32. The summed E-state index contributed by atoms with van der Waals surface area (Å²) in [6, 6.07) is 16.9. The zero-order chi connectivity index (χ0) is 11.3. The Kier molecular flexibility index (Phi) is 1.57. The highest BCUT2D eigenvalue weighted by molar-refractivity contribution is 5.82. The second-order valence-electron chi connectivity index (χ2n) is 4.50. The number of fused-ring (bicyclic) bond motifs is 5. The fourth-order valence-corrected chi connectivity index (χ4v) is 2.93. The Hall–Kier alpha value is -2.09. The van der Waals surface area contributed by atoms with E-state index in [1.807, 2.05) is 6.21 Å². The van der Waals surface area contributed by atoms with E-state index in [4.69, 9.17) is 4.84 Å². The summed E-state index contributed by atoms with van der Waals surface area (Å²) >= 11 is 0. The summed E-state index contributed by atoms with van der Waals surface area (Å²) in [5.74, 6) is 0. The van der Waals surface area contributed by atoms with E-state index in [9.17, 15) is 0 Å². The van der Waals surface area contributed by atoms with Crippen molar-refractivity contribution < 1.29 is 4.84 Å². The van der Waals surface area contributed by atoms with Crippen LogP contribution in [0.25, 0.3) is 11.1 Å². The lowest BCUT2D eigenvalue weighted by Crippen LogP contribution is -2.23. The normalized spacial score (nSPS) is 17.9. The molecule has 0 saturated carbocycles. The summed E-state index contributed by atoms with van der Waals surface area (Å²) in [5, 5.41) is 3.99. The SMILES string of the molecule is C1=NOC2(C1)c1ccccc1-c1ccccc12. The second-order valence-corrected chi connectivity index (χ2v) is 4.50. The molecule has 0 aromatic heterocycles. The third-order valence-electron chi connectivity index (χ3n) is 3.68. The Labute approximate surface area is 99.5 Å². The van der Waals surface area contributed by atoms with E-state index in [-0.39, 0.29) is 5.60 Å². The van der Waals surface area contributed by atoms with Crippen LogP contribution < -0.4 is 0 Å². The minimum absolute atomic E-state index is 0.368. The summed E-state index contributed by atoms with van der Waals surface area (Å²) in [5.41, 5.74) is 4.65. The lowest BCUT2D eigenvalue weighted by atomic mass is 9.89. The van der Waals surface area contributed by atoms with Crippen LogP contribution >= 0.6 is 0 Å². The number of benzene rings is 2. The largest absolute Gasteiger partial charge is 0.379 e. The molecule has 0 bridgehead atoms. The van der Waals surface area contributed by atoms with Crippen molar-refractivity contribution in [2.75, 3.05) is 0 Å². The molecule has 1 aliphatic heterocycles. The van der Waals surface area contributed by atoms with E-state index in [0.717, 1.165) is 6.42 Å². The van der Waals surface area contributed by atoms with Gasteiger partial charge in [0.05, 0.1) is 0 Å². The Bertz CT molecular complexity index is 575. The number of hydrogen-bond donors (Lipinski definition) is 0. The van der Waals surface area contributed by atoms with Gasteiger partial charge in [-0.05, 0) is 11.1 Å². The molecule has 4 rings (SSSR count). The molecule has 2 heteroatoms. The van der Waals surface area contributed by atoms with Crippen molar-refractivity contribution in [2.45, 2.75) is 12.0 Å². The van der Waals surface area contributed by atoms with Crippen LogP contribution in [-0.2, 0) is 10.4 Å². The predicted molar refractivity (Wildman–Crippen MR) is 66.9 cm³/mol. The Balaban J connectivity index is 2.10. The Morgan fingerprint density at radius 1 is 0.882 bits per heavy atom. The molecule has 17 heavy (non-hydrogen) atoms. The Morgan fingerprint density at radius 3 is 2.00 bits per heavy atom. The maximum absolute atomic E-state index is 5.72. The van der Waals surface area contributed by atoms with Gasteiger partial charge in [-0.2, -0.15) is 0 Å². The highest BCUT2D eigenvalue weighted by Gasteiger charge is 2.47. The maximum atomic E-state index is 5.72. The van der Waals surface area contributed by atoms with E-state index >= 15 is 0 Å². The van der Waals surface area contributed by atoms with Gasteiger partial charge in [-0.25, -0.2) is 0 Å². The van der Waals surface area contributed by atoms with Crippen molar-refractivity contribution in [1.82, 2.24) is 0 Å². The van der Waals surface area contributed by atoms with Crippen LogP contribution in [0.2, 0.25) is 0 Å². The van der Waals surface area contributed by atoms with Crippen LogP contribution in [0.1, 0.15) is 17.5 Å². The second kappa shape index (κ2) is 2.98. The molecule has 1 aliphatic carbocycles. The molecule has 2 aromatic rings. The average molecular weight is 221 g/mol. The fourth-order valence-electron chi connectivity index (χ4n) is 2.93. The minimum atomic E-state index is -0.368. The van der Waals surface area contributed by atoms with Crippen LogP contribution in [0.15, 0.2) is 53.7 Å². The molecule has 0 unspecified atom stereocenters. The van der Waals surface area contributed by atoms with E-state index in [1.54, 1.807) is 0 Å². The number of nitrogens with zero attached hydrogens (tertiary/aromatic N) is 1. The first-order valence-corrected chi connectivity index (χ1v) is 5.81. The van der Waals surface area contributed by atoms with Gasteiger partial charge in [0.2, 0.25) is 0 Å². The quantitative estimate of drug-likeness (QED) is 0.668. The smallest absolute Gasteiger partial charge is 0.193 e. The van der Waals surface area contributed by atoms with Crippen molar-refractivity contribution in [3.63, 3.8) is 0 Å². The first-order chi connectivity index (χ1) is 8.42. The molecule has 82 valence electrons. The molecule has 1 heterocycles. The van der Waals surface area contributed by atoms with Crippen molar-refractivity contribution in [2.24, 2.45) is 5.16 Å². The van der Waals surface area contributed by atoms with Gasteiger partial charge in [-0.15, -0.1) is 0 Å². The van der Waals surface area contributed by atoms with Gasteiger partial charge in [0.1, 0.15) is 0 Å². The molecule has 2 aliphatic rings. The molecule has 0 fully saturated rings. The number of hydrogen-bond acceptors (Lipinski definition) is 2. The Morgan fingerprint density at radius 2 is 1.47 bits per heavy atom. The van der Waals surface area contributed by atoms with Crippen LogP contribution in [0.4, 0.5) is 0 Å². The zero-order valence-corrected chi connectivity index (χ0v) is 9.26. The molecule has 0 saturated heterocycles. The monoisotopic (exact) mass is 221 g/mol. The van der Waals surface area contributed by atoms with Crippen molar-refractivity contribution in [1.29, 1.82) is 0 Å². The van der Waals surface area contributed by atoms with Crippen LogP contribution in [0.5, 0.6) is 0 Å². The van der Waals surface area contributed by atoms with Crippen LogP contribution in [0.3, 0.4) is 0 Å².